The number of nitrogens with one attached hydrogen (secondary N) is 2. The molecule has 0 aliphatic rings. The van der Waals surface area contributed by atoms with Gasteiger partial charge in [-0.15, -0.1) is 0 Å². The van der Waals surface area contributed by atoms with Crippen LogP contribution in [0, 0.1) is 6.92 Å². The lowest BCUT2D eigenvalue weighted by molar-refractivity contribution is 0.0943. The van der Waals surface area contributed by atoms with E-state index in [0.29, 0.717) is 23.0 Å². The summed E-state index contributed by atoms with van der Waals surface area (Å²) in [5, 5.41) is 2.84. The Bertz CT molecular complexity index is 608. The molecule has 1 heterocycles. The van der Waals surface area contributed by atoms with Gasteiger partial charge in [-0.2, -0.15) is 0 Å². The summed E-state index contributed by atoms with van der Waals surface area (Å²) in [5.41, 5.74) is 3.67. The van der Waals surface area contributed by atoms with Gasteiger partial charge >= 0.3 is 11.7 Å². The summed E-state index contributed by atoms with van der Waals surface area (Å²) in [7, 11) is 0. The molecule has 2 N–H and O–H groups in total. The molecule has 0 saturated heterocycles. The lowest BCUT2D eigenvalue weighted by Crippen LogP contribution is -2.35. The SMILES string of the molecule is Cc1c(C(=O)NC(C)C[S+]=O)cccc1-c1cc[nH]c1. The van der Waals surface area contributed by atoms with Gasteiger partial charge in [0.15, 0.2) is 0 Å². The summed E-state index contributed by atoms with van der Waals surface area (Å²) in [4.78, 5) is 15.3. The predicted octanol–water partition coefficient (Wildman–Crippen LogP) is 2.54. The van der Waals surface area contributed by atoms with Gasteiger partial charge in [0.2, 0.25) is 5.75 Å². The molecule has 0 aliphatic carbocycles. The number of rotatable bonds is 5. The smallest absolute Gasteiger partial charge is 0.367 e. The molecule has 0 fully saturated rings. The molecular weight excluding hydrogens is 272 g/mol. The fraction of sp³-hybridized carbons (Fsp3) is 0.267. The highest BCUT2D eigenvalue weighted by molar-refractivity contribution is 7.65. The largest absolute Gasteiger partial charge is 0.460 e. The second-order valence-corrected chi connectivity index (χ2v) is 5.31. The molecule has 0 aliphatic heterocycles. The van der Waals surface area contributed by atoms with Gasteiger partial charge in [-0.05, 0) is 42.7 Å². The molecule has 104 valence electrons. The van der Waals surface area contributed by atoms with Crippen LogP contribution in [-0.4, -0.2) is 22.7 Å². The van der Waals surface area contributed by atoms with Gasteiger partial charge in [0.1, 0.15) is 0 Å². The zero-order valence-corrected chi connectivity index (χ0v) is 12.3. The lowest BCUT2D eigenvalue weighted by Gasteiger charge is -2.12. The molecule has 0 spiro atoms. The van der Waals surface area contributed by atoms with Crippen LogP contribution >= 0.6 is 0 Å². The number of carbonyl (C=O) groups excluding carboxylic acids is 1. The zero-order valence-electron chi connectivity index (χ0n) is 11.5. The monoisotopic (exact) mass is 289 g/mol. The Morgan fingerprint density at radius 3 is 2.85 bits per heavy atom. The maximum Gasteiger partial charge on any atom is 0.460 e. The molecule has 1 unspecified atom stereocenters. The lowest BCUT2D eigenvalue weighted by atomic mass is 9.97. The summed E-state index contributed by atoms with van der Waals surface area (Å²) in [6, 6.07) is 7.50. The third kappa shape index (κ3) is 3.11. The van der Waals surface area contributed by atoms with Crippen molar-refractivity contribution < 1.29 is 9.00 Å². The van der Waals surface area contributed by atoms with Gasteiger partial charge in [0.25, 0.3) is 5.91 Å². The topological polar surface area (TPSA) is 62.0 Å². The molecular formula is C15H17N2O2S+. The molecule has 0 radical (unpaired) electrons. The summed E-state index contributed by atoms with van der Waals surface area (Å²) < 4.78 is 10.5. The van der Waals surface area contributed by atoms with Crippen molar-refractivity contribution in [2.45, 2.75) is 19.9 Å². The van der Waals surface area contributed by atoms with E-state index in [-0.39, 0.29) is 11.9 Å². The Hall–Kier alpha value is -2.01. The average molecular weight is 289 g/mol. The third-order valence-corrected chi connectivity index (χ3v) is 3.82. The van der Waals surface area contributed by atoms with E-state index in [9.17, 15) is 9.00 Å². The van der Waals surface area contributed by atoms with Gasteiger partial charge in [-0.3, -0.25) is 4.79 Å². The van der Waals surface area contributed by atoms with Crippen molar-refractivity contribution >= 4 is 17.6 Å². The first-order valence-corrected chi connectivity index (χ1v) is 7.33. The van der Waals surface area contributed by atoms with Crippen molar-refractivity contribution in [3.8, 4) is 11.1 Å². The fourth-order valence-corrected chi connectivity index (χ4v) is 2.42. The number of amides is 1. The van der Waals surface area contributed by atoms with E-state index in [1.54, 1.807) is 6.07 Å². The third-order valence-electron chi connectivity index (χ3n) is 3.18. The molecule has 20 heavy (non-hydrogen) atoms. The van der Waals surface area contributed by atoms with E-state index in [0.717, 1.165) is 16.7 Å². The number of aromatic amines is 1. The fourth-order valence-electron chi connectivity index (χ4n) is 2.13. The highest BCUT2D eigenvalue weighted by Gasteiger charge is 2.17. The van der Waals surface area contributed by atoms with Crippen molar-refractivity contribution in [3.63, 3.8) is 0 Å². The zero-order chi connectivity index (χ0) is 14.5. The van der Waals surface area contributed by atoms with Crippen LogP contribution in [0.1, 0.15) is 22.8 Å². The summed E-state index contributed by atoms with van der Waals surface area (Å²) in [6.45, 7) is 3.76. The Morgan fingerprint density at radius 2 is 2.20 bits per heavy atom. The first kappa shape index (κ1) is 14.4. The molecule has 1 aromatic heterocycles. The van der Waals surface area contributed by atoms with E-state index < -0.39 is 0 Å². The number of carbonyl (C=O) groups is 1. The van der Waals surface area contributed by atoms with E-state index in [4.69, 9.17) is 0 Å². The highest BCUT2D eigenvalue weighted by Crippen LogP contribution is 2.25. The Labute approximate surface area is 122 Å². The van der Waals surface area contributed by atoms with Crippen LogP contribution < -0.4 is 5.32 Å². The van der Waals surface area contributed by atoms with Gasteiger partial charge < -0.3 is 10.3 Å². The average Bonchev–Trinajstić information content (AvgIpc) is 2.92. The van der Waals surface area contributed by atoms with Crippen molar-refractivity contribution in [1.82, 2.24) is 10.3 Å². The van der Waals surface area contributed by atoms with Crippen LogP contribution in [0.5, 0.6) is 0 Å². The minimum Gasteiger partial charge on any atom is -0.367 e. The standard InChI is InChI=1S/C15H16N2O2S/c1-10(9-20-19)17-15(18)14-5-3-4-13(11(14)2)12-6-7-16-8-12/h3-8,10,16H,9H2,1-2H3/p+1. The molecule has 1 amide bonds. The second kappa shape index (κ2) is 6.43. The highest BCUT2D eigenvalue weighted by atomic mass is 32.1. The number of hydrogen-bond donors (Lipinski definition) is 2. The van der Waals surface area contributed by atoms with E-state index in [1.165, 1.54) is 0 Å². The van der Waals surface area contributed by atoms with Crippen LogP contribution in [0.3, 0.4) is 0 Å². The van der Waals surface area contributed by atoms with Crippen molar-refractivity contribution in [2.75, 3.05) is 5.75 Å². The maximum atomic E-state index is 12.2. The van der Waals surface area contributed by atoms with Crippen molar-refractivity contribution in [2.24, 2.45) is 0 Å². The van der Waals surface area contributed by atoms with Crippen LogP contribution in [-0.2, 0) is 15.9 Å². The summed E-state index contributed by atoms with van der Waals surface area (Å²) in [5.74, 6) is 0.226. The van der Waals surface area contributed by atoms with E-state index in [1.807, 2.05) is 44.4 Å². The van der Waals surface area contributed by atoms with Crippen LogP contribution in [0.25, 0.3) is 11.1 Å². The first-order chi connectivity index (χ1) is 9.63. The number of benzene rings is 1. The Kier molecular flexibility index (Phi) is 4.63. The molecule has 2 aromatic rings. The normalized spacial score (nSPS) is 11.9. The van der Waals surface area contributed by atoms with Crippen LogP contribution in [0.2, 0.25) is 0 Å². The quantitative estimate of drug-likeness (QED) is 0.831. The number of aromatic nitrogens is 1. The molecule has 0 bridgehead atoms. The van der Waals surface area contributed by atoms with E-state index in [2.05, 4.69) is 10.3 Å². The molecule has 1 aromatic carbocycles. The summed E-state index contributed by atoms with van der Waals surface area (Å²) in [6.07, 6.45) is 3.76. The van der Waals surface area contributed by atoms with Gasteiger partial charge in [-0.25, -0.2) is 0 Å². The van der Waals surface area contributed by atoms with Crippen LogP contribution in [0.15, 0.2) is 36.7 Å². The number of H-pyrrole nitrogens is 1. The maximum absolute atomic E-state index is 12.2. The van der Waals surface area contributed by atoms with Gasteiger partial charge in [-0.1, -0.05) is 12.1 Å². The molecule has 1 atom stereocenters. The Morgan fingerprint density at radius 1 is 1.40 bits per heavy atom. The minimum atomic E-state index is -0.139. The summed E-state index contributed by atoms with van der Waals surface area (Å²) >= 11 is 0.483. The predicted molar refractivity (Wildman–Crippen MR) is 80.8 cm³/mol. The number of hydrogen-bond acceptors (Lipinski definition) is 2. The molecule has 5 heteroatoms. The molecule has 0 saturated carbocycles. The minimum absolute atomic E-state index is 0.138. The van der Waals surface area contributed by atoms with Gasteiger partial charge in [0, 0.05) is 22.2 Å². The van der Waals surface area contributed by atoms with Crippen molar-refractivity contribution in [3.05, 3.63) is 47.8 Å². The van der Waals surface area contributed by atoms with Crippen LogP contribution in [0.4, 0.5) is 0 Å². The molecule has 2 rings (SSSR count). The Balaban J connectivity index is 2.27. The van der Waals surface area contributed by atoms with Gasteiger partial charge in [0.05, 0.1) is 6.04 Å². The first-order valence-electron chi connectivity index (χ1n) is 6.42. The van der Waals surface area contributed by atoms with Crippen molar-refractivity contribution in [1.29, 1.82) is 0 Å². The molecule has 4 nitrogen and oxygen atoms in total. The second-order valence-electron chi connectivity index (χ2n) is 4.74. The van der Waals surface area contributed by atoms with E-state index >= 15 is 0 Å².